The molecule has 1 N–H and O–H groups in total. The lowest BCUT2D eigenvalue weighted by Gasteiger charge is -2.23. The highest BCUT2D eigenvalue weighted by atomic mass is 32.2. The maximum absolute atomic E-state index is 13.2. The zero-order valence-electron chi connectivity index (χ0n) is 10.6. The average molecular weight is 288 g/mol. The summed E-state index contributed by atoms with van der Waals surface area (Å²) in [5.41, 5.74) is 0.852. The van der Waals surface area contributed by atoms with Gasteiger partial charge in [0.15, 0.2) is 0 Å². The number of hydrogen-bond donors (Lipinski definition) is 1. The number of β-amino-alcohol motifs (C(OH)–C–C–N with tert-alkyl or cyclic N) is 1. The molecule has 0 aliphatic carbocycles. The van der Waals surface area contributed by atoms with Gasteiger partial charge in [-0.25, -0.2) is 4.39 Å². The van der Waals surface area contributed by atoms with E-state index >= 15 is 0 Å². The summed E-state index contributed by atoms with van der Waals surface area (Å²) < 4.78 is 39.8. The number of aliphatic hydroxyl groups is 1. The van der Waals surface area contributed by atoms with Gasteiger partial charge in [0.25, 0.3) is 10.2 Å². The lowest BCUT2D eigenvalue weighted by Crippen LogP contribution is -2.40. The lowest BCUT2D eigenvalue weighted by atomic mass is 10.2. The summed E-state index contributed by atoms with van der Waals surface area (Å²) in [6.07, 6.45) is -2.75. The summed E-state index contributed by atoms with van der Waals surface area (Å²) in [6.45, 7) is -0.266. The Labute approximate surface area is 112 Å². The van der Waals surface area contributed by atoms with E-state index in [0.717, 1.165) is 14.2 Å². The number of rotatable bonds is 4. The summed E-state index contributed by atoms with van der Waals surface area (Å²) >= 11 is 0. The van der Waals surface area contributed by atoms with Gasteiger partial charge in [-0.2, -0.15) is 17.0 Å². The van der Waals surface area contributed by atoms with Crippen molar-refractivity contribution in [3.8, 4) is 0 Å². The Balaban J connectivity index is 2.08. The zero-order chi connectivity index (χ0) is 14.0. The van der Waals surface area contributed by atoms with Crippen molar-refractivity contribution in [2.24, 2.45) is 0 Å². The molecule has 1 aromatic carbocycles. The van der Waals surface area contributed by atoms with Crippen molar-refractivity contribution in [3.63, 3.8) is 0 Å². The minimum Gasteiger partial charge on any atom is -0.389 e. The first-order chi connectivity index (χ1) is 8.91. The van der Waals surface area contributed by atoms with Gasteiger partial charge in [0.2, 0.25) is 0 Å². The van der Waals surface area contributed by atoms with Gasteiger partial charge in [0.05, 0.1) is 0 Å². The topological polar surface area (TPSA) is 60.9 Å². The Morgan fingerprint density at radius 2 is 2.00 bits per heavy atom. The van der Waals surface area contributed by atoms with Crippen LogP contribution in [0, 0.1) is 0 Å². The molecule has 106 valence electrons. The van der Waals surface area contributed by atoms with E-state index in [-0.39, 0.29) is 19.6 Å². The summed E-state index contributed by atoms with van der Waals surface area (Å²) in [7, 11) is -2.29. The summed E-state index contributed by atoms with van der Waals surface area (Å²) in [4.78, 5) is 0. The Bertz CT molecular complexity index is 513. The first-order valence-corrected chi connectivity index (χ1v) is 7.38. The normalized spacial score (nSPS) is 25.1. The first-order valence-electron chi connectivity index (χ1n) is 5.98. The second-order valence-corrected chi connectivity index (χ2v) is 6.69. The molecular formula is C12H17FN2O3S. The molecule has 1 aromatic rings. The second kappa shape index (κ2) is 5.54. The average Bonchev–Trinajstić information content (AvgIpc) is 2.71. The van der Waals surface area contributed by atoms with Crippen LogP contribution in [-0.4, -0.2) is 54.5 Å². The highest BCUT2D eigenvalue weighted by Crippen LogP contribution is 2.20. The van der Waals surface area contributed by atoms with Gasteiger partial charge in [0, 0.05) is 26.7 Å². The van der Waals surface area contributed by atoms with Crippen molar-refractivity contribution in [1.82, 2.24) is 8.61 Å². The van der Waals surface area contributed by atoms with Crippen molar-refractivity contribution in [2.45, 2.75) is 18.8 Å². The Morgan fingerprint density at radius 1 is 1.37 bits per heavy atom. The predicted octanol–water partition coefficient (Wildman–Crippen LogP) is 0.378. The fourth-order valence-corrected chi connectivity index (χ4v) is 3.40. The van der Waals surface area contributed by atoms with Crippen molar-refractivity contribution in [3.05, 3.63) is 35.9 Å². The third-order valence-corrected chi connectivity index (χ3v) is 5.02. The van der Waals surface area contributed by atoms with Crippen molar-refractivity contribution >= 4 is 10.2 Å². The molecule has 1 saturated heterocycles. The molecule has 5 nitrogen and oxygen atoms in total. The lowest BCUT2D eigenvalue weighted by molar-refractivity contribution is 0.117. The molecule has 19 heavy (non-hydrogen) atoms. The smallest absolute Gasteiger partial charge is 0.282 e. The number of alkyl halides is 1. The zero-order valence-corrected chi connectivity index (χ0v) is 11.4. The highest BCUT2D eigenvalue weighted by Gasteiger charge is 2.39. The maximum Gasteiger partial charge on any atom is 0.282 e. The summed E-state index contributed by atoms with van der Waals surface area (Å²) in [5, 5.41) is 9.30. The van der Waals surface area contributed by atoms with E-state index in [9.17, 15) is 17.9 Å². The van der Waals surface area contributed by atoms with Gasteiger partial charge in [-0.15, -0.1) is 0 Å². The number of benzene rings is 1. The predicted molar refractivity (Wildman–Crippen MR) is 69.3 cm³/mol. The molecule has 1 fully saturated rings. The minimum atomic E-state index is -3.74. The number of aliphatic hydroxyl groups excluding tert-OH is 1. The Kier molecular flexibility index (Phi) is 4.19. The summed E-state index contributed by atoms with van der Waals surface area (Å²) in [5.74, 6) is 0. The van der Waals surface area contributed by atoms with Gasteiger partial charge in [0.1, 0.15) is 12.3 Å². The Morgan fingerprint density at radius 3 is 2.53 bits per heavy atom. The van der Waals surface area contributed by atoms with Crippen LogP contribution in [0.4, 0.5) is 4.39 Å². The molecule has 1 aliphatic rings. The molecule has 0 spiro atoms. The van der Waals surface area contributed by atoms with Crippen LogP contribution in [-0.2, 0) is 16.8 Å². The molecule has 7 heteroatoms. The fraction of sp³-hybridized carbons (Fsp3) is 0.500. The van der Waals surface area contributed by atoms with Crippen molar-refractivity contribution in [2.75, 3.05) is 20.1 Å². The van der Waals surface area contributed by atoms with Gasteiger partial charge < -0.3 is 5.11 Å². The van der Waals surface area contributed by atoms with E-state index in [1.165, 1.54) is 7.05 Å². The minimum absolute atomic E-state index is 0.192. The van der Waals surface area contributed by atoms with Crippen LogP contribution in [0.1, 0.15) is 5.56 Å². The van der Waals surface area contributed by atoms with Gasteiger partial charge in [-0.05, 0) is 5.56 Å². The molecule has 0 bridgehead atoms. The first kappa shape index (κ1) is 14.4. The second-order valence-electron chi connectivity index (χ2n) is 4.65. The fourth-order valence-electron chi connectivity index (χ4n) is 2.02. The molecule has 0 unspecified atom stereocenters. The number of hydrogen-bond acceptors (Lipinski definition) is 3. The van der Waals surface area contributed by atoms with E-state index in [0.29, 0.717) is 0 Å². The number of halogens is 1. The van der Waals surface area contributed by atoms with Crippen LogP contribution in [0.15, 0.2) is 30.3 Å². The van der Waals surface area contributed by atoms with E-state index < -0.39 is 22.5 Å². The Hall–Kier alpha value is -1.02. The SMILES string of the molecule is CN(Cc1ccccc1)S(=O)(=O)N1C[C@H](O)[C@@H](F)C1. The monoisotopic (exact) mass is 288 g/mol. The molecule has 0 radical (unpaired) electrons. The maximum atomic E-state index is 13.2. The van der Waals surface area contributed by atoms with Gasteiger partial charge in [-0.1, -0.05) is 30.3 Å². The van der Waals surface area contributed by atoms with Crippen LogP contribution >= 0.6 is 0 Å². The molecule has 0 amide bonds. The third kappa shape index (κ3) is 3.11. The van der Waals surface area contributed by atoms with Crippen LogP contribution in [0.5, 0.6) is 0 Å². The van der Waals surface area contributed by atoms with Crippen LogP contribution in [0.25, 0.3) is 0 Å². The molecule has 1 aliphatic heterocycles. The molecule has 1 heterocycles. The third-order valence-electron chi connectivity index (χ3n) is 3.15. The molecule has 2 rings (SSSR count). The summed E-state index contributed by atoms with van der Waals surface area (Å²) in [6, 6.07) is 9.15. The molecule has 0 aromatic heterocycles. The quantitative estimate of drug-likeness (QED) is 0.871. The highest BCUT2D eigenvalue weighted by molar-refractivity contribution is 7.86. The standard InChI is InChI=1S/C12H17FN2O3S/c1-14(7-10-5-3-2-4-6-10)19(17,18)15-8-11(13)12(16)9-15/h2-6,11-12,16H,7-9H2,1H3/t11-,12-/m0/s1. The van der Waals surface area contributed by atoms with Crippen LogP contribution in [0.2, 0.25) is 0 Å². The molecule has 2 atom stereocenters. The van der Waals surface area contributed by atoms with Crippen molar-refractivity contribution < 1.29 is 17.9 Å². The largest absolute Gasteiger partial charge is 0.389 e. The van der Waals surface area contributed by atoms with Crippen molar-refractivity contribution in [1.29, 1.82) is 0 Å². The van der Waals surface area contributed by atoms with Gasteiger partial charge >= 0.3 is 0 Å². The molecule has 0 saturated carbocycles. The van der Waals surface area contributed by atoms with E-state index in [2.05, 4.69) is 0 Å². The van der Waals surface area contributed by atoms with E-state index in [1.807, 2.05) is 30.3 Å². The molecular weight excluding hydrogens is 271 g/mol. The van der Waals surface area contributed by atoms with Gasteiger partial charge in [-0.3, -0.25) is 0 Å². The number of nitrogens with zero attached hydrogens (tertiary/aromatic N) is 2. The van der Waals surface area contributed by atoms with Crippen LogP contribution in [0.3, 0.4) is 0 Å². The van der Waals surface area contributed by atoms with E-state index in [1.54, 1.807) is 0 Å². The van der Waals surface area contributed by atoms with E-state index in [4.69, 9.17) is 0 Å². The van der Waals surface area contributed by atoms with Crippen LogP contribution < -0.4 is 0 Å².